The van der Waals surface area contributed by atoms with Crippen molar-refractivity contribution in [2.45, 2.75) is 57.1 Å². The number of piperidine rings is 1. The summed E-state index contributed by atoms with van der Waals surface area (Å²) >= 11 is 1.62. The number of thiophene rings is 1. The molecule has 1 aliphatic carbocycles. The predicted octanol–water partition coefficient (Wildman–Crippen LogP) is 4.07. The van der Waals surface area contributed by atoms with Gasteiger partial charge in [0, 0.05) is 25.4 Å². The van der Waals surface area contributed by atoms with Gasteiger partial charge >= 0.3 is 0 Å². The summed E-state index contributed by atoms with van der Waals surface area (Å²) in [6.45, 7) is 3.20. The molecule has 34 heavy (non-hydrogen) atoms. The molecule has 1 saturated carbocycles. The Balaban J connectivity index is 1.37. The third kappa shape index (κ3) is 4.64. The Labute approximate surface area is 204 Å². The van der Waals surface area contributed by atoms with Crippen LogP contribution in [0.1, 0.15) is 61.0 Å². The first-order valence-electron chi connectivity index (χ1n) is 12.2. The number of amides is 1. The highest BCUT2D eigenvalue weighted by Crippen LogP contribution is 2.36. The largest absolute Gasteiger partial charge is 0.378 e. The van der Waals surface area contributed by atoms with E-state index in [2.05, 4.69) is 25.3 Å². The maximum Gasteiger partial charge on any atom is 0.254 e. The average molecular weight is 481 g/mol. The molecule has 1 aliphatic heterocycles. The number of nitrogens with zero attached hydrogens (tertiary/aromatic N) is 5. The normalized spacial score (nSPS) is 18.3. The molecule has 4 heterocycles. The number of ether oxygens (including phenoxy) is 1. The monoisotopic (exact) mass is 480 g/mol. The van der Waals surface area contributed by atoms with Gasteiger partial charge in [0.25, 0.3) is 11.9 Å². The standard InChI is InChI=1S/C25H32N6O2S/c1-33-17-21-19(16-28-31(21)24-26-12-9-20(29-24)22-8-7-15-34-22)23(32)27-18-25(10-3-4-11-25)30-13-5-2-6-14-30/h7-9,12,15-16H,2-6,10-11,13-14,17-18H2,1H3,(H,27,32). The molecule has 0 unspecified atom stereocenters. The van der Waals surface area contributed by atoms with E-state index in [1.165, 1.54) is 32.1 Å². The van der Waals surface area contributed by atoms with Crippen LogP contribution >= 0.6 is 11.3 Å². The van der Waals surface area contributed by atoms with Crippen LogP contribution in [-0.4, -0.2) is 62.8 Å². The van der Waals surface area contributed by atoms with Gasteiger partial charge in [0.05, 0.1) is 34.6 Å². The first-order valence-corrected chi connectivity index (χ1v) is 13.0. The van der Waals surface area contributed by atoms with Gasteiger partial charge in [0.15, 0.2) is 0 Å². The van der Waals surface area contributed by atoms with E-state index in [0.29, 0.717) is 23.8 Å². The molecule has 1 amide bonds. The van der Waals surface area contributed by atoms with Gasteiger partial charge in [-0.3, -0.25) is 9.69 Å². The molecule has 3 aromatic heterocycles. The fourth-order valence-corrected chi connectivity index (χ4v) is 6.06. The van der Waals surface area contributed by atoms with E-state index < -0.39 is 0 Å². The number of aromatic nitrogens is 4. The molecule has 3 aromatic rings. The van der Waals surface area contributed by atoms with Gasteiger partial charge in [0.2, 0.25) is 0 Å². The SMILES string of the molecule is COCc1c(C(=O)NCC2(N3CCCCC3)CCCC2)cnn1-c1nccc(-c2cccs2)n1. The highest BCUT2D eigenvalue weighted by molar-refractivity contribution is 7.13. The molecule has 180 valence electrons. The molecule has 8 nitrogen and oxygen atoms in total. The molecule has 1 saturated heterocycles. The number of nitrogens with one attached hydrogen (secondary N) is 1. The molecule has 5 rings (SSSR count). The Morgan fingerprint density at radius 1 is 1.18 bits per heavy atom. The van der Waals surface area contributed by atoms with Gasteiger partial charge in [-0.2, -0.15) is 9.78 Å². The van der Waals surface area contributed by atoms with Gasteiger partial charge < -0.3 is 10.1 Å². The number of carbonyl (C=O) groups is 1. The average Bonchev–Trinajstić information content (AvgIpc) is 3.65. The quantitative estimate of drug-likeness (QED) is 0.523. The third-order valence-electron chi connectivity index (χ3n) is 7.14. The molecule has 0 bridgehead atoms. The molecule has 0 aromatic carbocycles. The molecule has 2 aliphatic rings. The Kier molecular flexibility index (Phi) is 7.03. The first kappa shape index (κ1) is 23.1. The smallest absolute Gasteiger partial charge is 0.254 e. The van der Waals surface area contributed by atoms with E-state index in [9.17, 15) is 4.79 Å². The van der Waals surface area contributed by atoms with Crippen LogP contribution in [0.5, 0.6) is 0 Å². The van der Waals surface area contributed by atoms with Crippen LogP contribution in [0.15, 0.2) is 36.0 Å². The van der Waals surface area contributed by atoms with E-state index in [-0.39, 0.29) is 18.1 Å². The van der Waals surface area contributed by atoms with E-state index in [1.54, 1.807) is 35.5 Å². The highest BCUT2D eigenvalue weighted by atomic mass is 32.1. The molecule has 2 fully saturated rings. The second-order valence-corrected chi connectivity index (χ2v) is 10.2. The van der Waals surface area contributed by atoms with Crippen LogP contribution in [0.3, 0.4) is 0 Å². The lowest BCUT2D eigenvalue weighted by Crippen LogP contribution is -2.55. The minimum absolute atomic E-state index is 0.0889. The Morgan fingerprint density at radius 2 is 2.00 bits per heavy atom. The van der Waals surface area contributed by atoms with Crippen LogP contribution < -0.4 is 5.32 Å². The number of hydrogen-bond donors (Lipinski definition) is 1. The van der Waals surface area contributed by atoms with Gasteiger partial charge in [-0.25, -0.2) is 9.97 Å². The zero-order chi connectivity index (χ0) is 23.4. The minimum Gasteiger partial charge on any atom is -0.378 e. The van der Waals surface area contributed by atoms with Crippen molar-refractivity contribution in [2.24, 2.45) is 0 Å². The van der Waals surface area contributed by atoms with Crippen LogP contribution in [0.4, 0.5) is 0 Å². The van der Waals surface area contributed by atoms with Crippen molar-refractivity contribution in [3.8, 4) is 16.5 Å². The Hall–Kier alpha value is -2.62. The summed E-state index contributed by atoms with van der Waals surface area (Å²) in [5.41, 5.74) is 2.08. The number of carbonyl (C=O) groups excluding carboxylic acids is 1. The Bertz CT molecular complexity index is 1100. The zero-order valence-electron chi connectivity index (χ0n) is 19.7. The van der Waals surface area contributed by atoms with Crippen molar-refractivity contribution in [3.05, 3.63) is 47.2 Å². The summed E-state index contributed by atoms with van der Waals surface area (Å²) < 4.78 is 7.05. The van der Waals surface area contributed by atoms with Crippen LogP contribution in [0, 0.1) is 0 Å². The summed E-state index contributed by atoms with van der Waals surface area (Å²) in [4.78, 5) is 26.1. The molecular formula is C25H32N6O2S. The van der Waals surface area contributed by atoms with Gasteiger partial charge in [-0.05, 0) is 56.3 Å². The maximum atomic E-state index is 13.3. The highest BCUT2D eigenvalue weighted by Gasteiger charge is 2.40. The van der Waals surface area contributed by atoms with Gasteiger partial charge in [0.1, 0.15) is 0 Å². The summed E-state index contributed by atoms with van der Waals surface area (Å²) in [6.07, 6.45) is 11.9. The predicted molar refractivity (Wildman–Crippen MR) is 132 cm³/mol. The topological polar surface area (TPSA) is 85.2 Å². The van der Waals surface area contributed by atoms with Crippen molar-refractivity contribution in [3.63, 3.8) is 0 Å². The molecule has 0 spiro atoms. The van der Waals surface area contributed by atoms with E-state index in [0.717, 1.165) is 36.5 Å². The lowest BCUT2D eigenvalue weighted by atomic mass is 9.92. The third-order valence-corrected chi connectivity index (χ3v) is 8.03. The second kappa shape index (κ2) is 10.3. The molecule has 1 N–H and O–H groups in total. The Morgan fingerprint density at radius 3 is 2.74 bits per heavy atom. The zero-order valence-corrected chi connectivity index (χ0v) is 20.5. The molecule has 9 heteroatoms. The van der Waals surface area contributed by atoms with Gasteiger partial charge in [-0.15, -0.1) is 11.3 Å². The fourth-order valence-electron chi connectivity index (χ4n) is 5.37. The lowest BCUT2D eigenvalue weighted by molar-refractivity contribution is 0.0641. The van der Waals surface area contributed by atoms with Crippen molar-refractivity contribution >= 4 is 17.2 Å². The number of rotatable bonds is 8. The van der Waals surface area contributed by atoms with Crippen LogP contribution in [0.2, 0.25) is 0 Å². The van der Waals surface area contributed by atoms with Gasteiger partial charge in [-0.1, -0.05) is 25.3 Å². The molecular weight excluding hydrogens is 448 g/mol. The van der Waals surface area contributed by atoms with E-state index in [4.69, 9.17) is 4.74 Å². The molecule has 0 radical (unpaired) electrons. The van der Waals surface area contributed by atoms with Crippen LogP contribution in [-0.2, 0) is 11.3 Å². The van der Waals surface area contributed by atoms with E-state index in [1.807, 2.05) is 23.6 Å². The summed E-state index contributed by atoms with van der Waals surface area (Å²) in [6, 6.07) is 5.90. The number of hydrogen-bond acceptors (Lipinski definition) is 7. The number of likely N-dealkylation sites (tertiary alicyclic amines) is 1. The summed E-state index contributed by atoms with van der Waals surface area (Å²) in [5, 5.41) is 9.75. The van der Waals surface area contributed by atoms with Crippen LogP contribution in [0.25, 0.3) is 16.5 Å². The van der Waals surface area contributed by atoms with Crippen molar-refractivity contribution in [2.75, 3.05) is 26.7 Å². The first-order chi connectivity index (χ1) is 16.7. The minimum atomic E-state index is -0.115. The summed E-state index contributed by atoms with van der Waals surface area (Å²) in [5.74, 6) is 0.313. The maximum absolute atomic E-state index is 13.3. The van der Waals surface area contributed by atoms with Crippen molar-refractivity contribution < 1.29 is 9.53 Å². The summed E-state index contributed by atoms with van der Waals surface area (Å²) in [7, 11) is 1.62. The fraction of sp³-hybridized carbons (Fsp3) is 0.520. The lowest BCUT2D eigenvalue weighted by Gasteiger charge is -2.43. The second-order valence-electron chi connectivity index (χ2n) is 9.23. The van der Waals surface area contributed by atoms with Crippen molar-refractivity contribution in [1.82, 2.24) is 30.0 Å². The van der Waals surface area contributed by atoms with E-state index >= 15 is 0 Å². The van der Waals surface area contributed by atoms with Crippen molar-refractivity contribution in [1.29, 1.82) is 0 Å². The number of methoxy groups -OCH3 is 1. The molecule has 0 atom stereocenters.